The summed E-state index contributed by atoms with van der Waals surface area (Å²) in [7, 11) is 0. The van der Waals surface area contributed by atoms with E-state index in [-0.39, 0.29) is 5.91 Å². The quantitative estimate of drug-likeness (QED) is 0.403. The number of halogens is 1. The molecule has 0 atom stereocenters. The van der Waals surface area contributed by atoms with Gasteiger partial charge in [0.2, 0.25) is 0 Å². The monoisotopic (exact) mass is 447 g/mol. The number of carbonyl (C=O) groups excluding carboxylic acids is 1. The van der Waals surface area contributed by atoms with Crippen molar-refractivity contribution in [3.8, 4) is 10.6 Å². The summed E-state index contributed by atoms with van der Waals surface area (Å²) in [5, 5.41) is 3.83. The van der Waals surface area contributed by atoms with E-state index in [4.69, 9.17) is 4.98 Å². The van der Waals surface area contributed by atoms with E-state index in [0.29, 0.717) is 5.71 Å². The lowest BCUT2D eigenvalue weighted by Gasteiger charge is -2.00. The average molecular weight is 448 g/mol. The summed E-state index contributed by atoms with van der Waals surface area (Å²) >= 11 is 5.13. The van der Waals surface area contributed by atoms with Crippen LogP contribution in [0.2, 0.25) is 0 Å². The molecule has 28 heavy (non-hydrogen) atoms. The summed E-state index contributed by atoms with van der Waals surface area (Å²) in [6, 6.07) is 19.8. The molecule has 0 saturated heterocycles. The van der Waals surface area contributed by atoms with Gasteiger partial charge in [-0.1, -0.05) is 22.0 Å². The van der Waals surface area contributed by atoms with Crippen LogP contribution < -0.4 is 5.32 Å². The Kier molecular flexibility index (Phi) is 4.10. The summed E-state index contributed by atoms with van der Waals surface area (Å²) in [6.07, 6.45) is 0. The highest BCUT2D eigenvalue weighted by atomic mass is 79.9. The molecule has 0 saturated carbocycles. The second kappa shape index (κ2) is 6.65. The van der Waals surface area contributed by atoms with Crippen molar-refractivity contribution < 1.29 is 4.79 Å². The number of thiazole rings is 1. The number of amides is 1. The Morgan fingerprint density at radius 2 is 1.86 bits per heavy atom. The molecular weight excluding hydrogens is 434 g/mol. The first-order valence-electron chi connectivity index (χ1n) is 8.74. The second-order valence-corrected chi connectivity index (χ2v) is 8.59. The predicted molar refractivity (Wildman–Crippen MR) is 119 cm³/mol. The van der Waals surface area contributed by atoms with Gasteiger partial charge in [0.1, 0.15) is 10.7 Å². The van der Waals surface area contributed by atoms with Crippen molar-refractivity contribution in [2.75, 3.05) is 5.32 Å². The van der Waals surface area contributed by atoms with Gasteiger partial charge in [-0.15, -0.1) is 11.3 Å². The first-order chi connectivity index (χ1) is 13.6. The fraction of sp³-hybridized carbons (Fsp3) is 0.0455. The maximum absolute atomic E-state index is 12.3. The molecule has 2 heterocycles. The molecule has 1 amide bonds. The van der Waals surface area contributed by atoms with Gasteiger partial charge in [0.05, 0.1) is 21.6 Å². The number of hydrogen-bond acceptors (Lipinski definition) is 4. The first kappa shape index (κ1) is 17.3. The predicted octanol–water partition coefficient (Wildman–Crippen LogP) is 6.11. The third-order valence-corrected chi connectivity index (χ3v) is 6.16. The number of anilines is 1. The largest absolute Gasteiger partial charge is 0.320 e. The van der Waals surface area contributed by atoms with Crippen LogP contribution in [0.4, 0.5) is 11.4 Å². The van der Waals surface area contributed by atoms with Crippen molar-refractivity contribution in [2.24, 2.45) is 4.99 Å². The zero-order chi connectivity index (χ0) is 19.3. The standard InChI is InChI=1S/C22H14BrN3OS/c1-12-2-8-18-19(10-12)28-22(26-18)13-3-6-15(7-4-13)24-20-16-11-14(23)5-9-17(16)25-21(20)27/h2-11H,1H3,(H,24,25,27). The molecule has 136 valence electrons. The Hall–Kier alpha value is -2.83. The van der Waals surface area contributed by atoms with Crippen LogP contribution in [0, 0.1) is 6.92 Å². The van der Waals surface area contributed by atoms with Crippen molar-refractivity contribution in [1.29, 1.82) is 0 Å². The van der Waals surface area contributed by atoms with Crippen LogP contribution in [-0.4, -0.2) is 16.6 Å². The normalized spacial score (nSPS) is 14.5. The highest BCUT2D eigenvalue weighted by Gasteiger charge is 2.26. The molecule has 0 unspecified atom stereocenters. The molecule has 0 aliphatic carbocycles. The summed E-state index contributed by atoms with van der Waals surface area (Å²) in [4.78, 5) is 21.6. The van der Waals surface area contributed by atoms with Crippen molar-refractivity contribution in [3.63, 3.8) is 0 Å². The maximum Gasteiger partial charge on any atom is 0.275 e. The molecule has 6 heteroatoms. The van der Waals surface area contributed by atoms with Gasteiger partial charge in [-0.05, 0) is 67.1 Å². The smallest absolute Gasteiger partial charge is 0.275 e. The van der Waals surface area contributed by atoms with Crippen LogP contribution in [0.3, 0.4) is 0 Å². The van der Waals surface area contributed by atoms with E-state index < -0.39 is 0 Å². The number of rotatable bonds is 2. The second-order valence-electron chi connectivity index (χ2n) is 6.64. The number of fused-ring (bicyclic) bond motifs is 2. The van der Waals surface area contributed by atoms with Crippen LogP contribution in [0.5, 0.6) is 0 Å². The molecule has 4 aromatic rings. The SMILES string of the molecule is Cc1ccc2nc(-c3ccc(N=C4C(=O)Nc5ccc(Br)cc54)cc3)sc2c1. The third-order valence-electron chi connectivity index (χ3n) is 4.60. The summed E-state index contributed by atoms with van der Waals surface area (Å²) < 4.78 is 2.10. The summed E-state index contributed by atoms with van der Waals surface area (Å²) in [5.74, 6) is -0.182. The van der Waals surface area contributed by atoms with E-state index in [1.165, 1.54) is 10.3 Å². The number of aromatic nitrogens is 1. The number of nitrogens with zero attached hydrogens (tertiary/aromatic N) is 2. The molecular formula is C22H14BrN3OS. The summed E-state index contributed by atoms with van der Waals surface area (Å²) in [5.41, 5.74) is 6.05. The van der Waals surface area contributed by atoms with E-state index in [0.717, 1.165) is 37.5 Å². The molecule has 1 aliphatic rings. The molecule has 0 spiro atoms. The maximum atomic E-state index is 12.3. The van der Waals surface area contributed by atoms with Gasteiger partial charge in [0, 0.05) is 15.6 Å². The lowest BCUT2D eigenvalue weighted by atomic mass is 10.1. The van der Waals surface area contributed by atoms with Gasteiger partial charge < -0.3 is 5.32 Å². The Morgan fingerprint density at radius 3 is 2.68 bits per heavy atom. The highest BCUT2D eigenvalue weighted by molar-refractivity contribution is 9.10. The molecule has 1 N–H and O–H groups in total. The van der Waals surface area contributed by atoms with Crippen LogP contribution in [-0.2, 0) is 4.79 Å². The average Bonchev–Trinajstić information content (AvgIpc) is 3.23. The molecule has 0 fully saturated rings. The Morgan fingerprint density at radius 1 is 1.04 bits per heavy atom. The molecule has 4 nitrogen and oxygen atoms in total. The number of nitrogens with one attached hydrogen (secondary N) is 1. The van der Waals surface area contributed by atoms with Crippen molar-refractivity contribution in [3.05, 3.63) is 76.3 Å². The van der Waals surface area contributed by atoms with Gasteiger partial charge in [-0.3, -0.25) is 4.79 Å². The van der Waals surface area contributed by atoms with Gasteiger partial charge in [-0.2, -0.15) is 0 Å². The number of aryl methyl sites for hydroxylation is 1. The zero-order valence-electron chi connectivity index (χ0n) is 14.9. The van der Waals surface area contributed by atoms with Gasteiger partial charge >= 0.3 is 0 Å². The van der Waals surface area contributed by atoms with Crippen molar-refractivity contribution in [1.82, 2.24) is 4.98 Å². The van der Waals surface area contributed by atoms with E-state index in [1.807, 2.05) is 42.5 Å². The van der Waals surface area contributed by atoms with E-state index in [9.17, 15) is 4.79 Å². The van der Waals surface area contributed by atoms with Crippen molar-refractivity contribution in [2.45, 2.75) is 6.92 Å². The first-order valence-corrected chi connectivity index (χ1v) is 10.4. The Labute approximate surface area is 174 Å². The van der Waals surface area contributed by atoms with Gasteiger partial charge in [-0.25, -0.2) is 9.98 Å². The highest BCUT2D eigenvalue weighted by Crippen LogP contribution is 2.32. The van der Waals surface area contributed by atoms with E-state index in [1.54, 1.807) is 11.3 Å². The minimum atomic E-state index is -0.182. The zero-order valence-corrected chi connectivity index (χ0v) is 17.3. The Balaban J connectivity index is 1.49. The van der Waals surface area contributed by atoms with E-state index in [2.05, 4.69) is 51.4 Å². The minimum absolute atomic E-state index is 0.182. The molecule has 0 bridgehead atoms. The van der Waals surface area contributed by atoms with Crippen LogP contribution in [0.15, 0.2) is 70.1 Å². The number of benzene rings is 3. The number of hydrogen-bond donors (Lipinski definition) is 1. The minimum Gasteiger partial charge on any atom is -0.320 e. The van der Waals surface area contributed by atoms with Crippen LogP contribution in [0.1, 0.15) is 11.1 Å². The van der Waals surface area contributed by atoms with Gasteiger partial charge in [0.25, 0.3) is 5.91 Å². The number of aliphatic imine (C=N–C) groups is 1. The number of carbonyl (C=O) groups is 1. The lowest BCUT2D eigenvalue weighted by Crippen LogP contribution is -2.13. The molecule has 1 aromatic heterocycles. The summed E-state index contributed by atoms with van der Waals surface area (Å²) in [6.45, 7) is 2.09. The molecule has 5 rings (SSSR count). The third kappa shape index (κ3) is 3.04. The van der Waals surface area contributed by atoms with E-state index >= 15 is 0 Å². The molecule has 3 aromatic carbocycles. The van der Waals surface area contributed by atoms with Crippen LogP contribution >= 0.6 is 27.3 Å². The van der Waals surface area contributed by atoms with Gasteiger partial charge in [0.15, 0.2) is 0 Å². The fourth-order valence-electron chi connectivity index (χ4n) is 3.20. The topological polar surface area (TPSA) is 54.4 Å². The van der Waals surface area contributed by atoms with Crippen LogP contribution in [0.25, 0.3) is 20.8 Å². The lowest BCUT2D eigenvalue weighted by molar-refractivity contribution is -0.110. The fourth-order valence-corrected chi connectivity index (χ4v) is 4.63. The molecule has 1 aliphatic heterocycles. The van der Waals surface area contributed by atoms with Crippen molar-refractivity contribution >= 4 is 60.5 Å². The molecule has 0 radical (unpaired) electrons. The Bertz CT molecular complexity index is 1270.